The molecule has 0 saturated heterocycles. The first-order chi connectivity index (χ1) is 8.00. The Hall–Kier alpha value is -0.860. The van der Waals surface area contributed by atoms with E-state index in [1.165, 1.54) is 11.1 Å². The fraction of sp³-hybridized carbons (Fsp3) is 0.600. The summed E-state index contributed by atoms with van der Waals surface area (Å²) < 4.78 is 0. The standard InChI is InChI=1S/C15H25NO/c1-5-15(17,6-2)11-16-13(4)14-9-7-12(3)8-10-14/h7-10,13,16-17H,5-6,11H2,1-4H3/t13-/m0/s1. The summed E-state index contributed by atoms with van der Waals surface area (Å²) in [5.41, 5.74) is 1.98. The highest BCUT2D eigenvalue weighted by Gasteiger charge is 2.22. The molecule has 0 radical (unpaired) electrons. The Morgan fingerprint density at radius 2 is 1.71 bits per heavy atom. The Balaban J connectivity index is 2.55. The zero-order valence-electron chi connectivity index (χ0n) is 11.5. The van der Waals surface area contributed by atoms with Crippen molar-refractivity contribution in [3.05, 3.63) is 35.4 Å². The van der Waals surface area contributed by atoms with Crippen molar-refractivity contribution >= 4 is 0 Å². The zero-order valence-corrected chi connectivity index (χ0v) is 11.5. The molecule has 0 aromatic heterocycles. The first-order valence-corrected chi connectivity index (χ1v) is 6.53. The second-order valence-electron chi connectivity index (χ2n) is 4.94. The summed E-state index contributed by atoms with van der Waals surface area (Å²) in [7, 11) is 0. The van der Waals surface area contributed by atoms with Crippen LogP contribution in [-0.4, -0.2) is 17.3 Å². The van der Waals surface area contributed by atoms with Crippen LogP contribution in [0.1, 0.15) is 50.8 Å². The van der Waals surface area contributed by atoms with Crippen molar-refractivity contribution < 1.29 is 5.11 Å². The maximum Gasteiger partial charge on any atom is 0.0766 e. The average molecular weight is 235 g/mol. The van der Waals surface area contributed by atoms with Gasteiger partial charge in [0.1, 0.15) is 0 Å². The highest BCUT2D eigenvalue weighted by Crippen LogP contribution is 2.17. The van der Waals surface area contributed by atoms with Gasteiger partial charge in [-0.2, -0.15) is 0 Å². The van der Waals surface area contributed by atoms with Gasteiger partial charge in [-0.25, -0.2) is 0 Å². The van der Waals surface area contributed by atoms with E-state index in [1.807, 2.05) is 13.8 Å². The molecule has 2 nitrogen and oxygen atoms in total. The van der Waals surface area contributed by atoms with Gasteiger partial charge in [0.25, 0.3) is 0 Å². The fourth-order valence-electron chi connectivity index (χ4n) is 1.82. The van der Waals surface area contributed by atoms with E-state index in [0.29, 0.717) is 6.54 Å². The molecule has 0 aliphatic carbocycles. The third kappa shape index (κ3) is 4.14. The summed E-state index contributed by atoms with van der Waals surface area (Å²) >= 11 is 0. The van der Waals surface area contributed by atoms with E-state index in [9.17, 15) is 5.11 Å². The van der Waals surface area contributed by atoms with Crippen LogP contribution < -0.4 is 5.32 Å². The SMILES string of the molecule is CCC(O)(CC)CN[C@@H](C)c1ccc(C)cc1. The molecule has 1 aromatic carbocycles. The lowest BCUT2D eigenvalue weighted by Gasteiger charge is -2.27. The van der Waals surface area contributed by atoms with Crippen LogP contribution in [0.3, 0.4) is 0 Å². The molecule has 17 heavy (non-hydrogen) atoms. The number of hydrogen-bond donors (Lipinski definition) is 2. The van der Waals surface area contributed by atoms with Crippen molar-refractivity contribution in [1.82, 2.24) is 5.32 Å². The van der Waals surface area contributed by atoms with Gasteiger partial charge in [-0.3, -0.25) is 0 Å². The van der Waals surface area contributed by atoms with E-state index in [-0.39, 0.29) is 6.04 Å². The van der Waals surface area contributed by atoms with Crippen molar-refractivity contribution in [1.29, 1.82) is 0 Å². The molecule has 1 atom stereocenters. The van der Waals surface area contributed by atoms with E-state index in [4.69, 9.17) is 0 Å². The molecule has 0 bridgehead atoms. The summed E-state index contributed by atoms with van der Waals surface area (Å²) in [6, 6.07) is 8.81. The van der Waals surface area contributed by atoms with Gasteiger partial charge in [0.15, 0.2) is 0 Å². The Bertz CT molecular complexity index is 327. The van der Waals surface area contributed by atoms with Gasteiger partial charge >= 0.3 is 0 Å². The average Bonchev–Trinajstić information content (AvgIpc) is 2.36. The van der Waals surface area contributed by atoms with E-state index in [1.54, 1.807) is 0 Å². The Kier molecular flexibility index (Phi) is 5.16. The number of benzene rings is 1. The van der Waals surface area contributed by atoms with Crippen LogP contribution in [0.2, 0.25) is 0 Å². The molecule has 1 aromatic rings. The molecule has 0 aliphatic rings. The largest absolute Gasteiger partial charge is 0.389 e. The number of nitrogens with one attached hydrogen (secondary N) is 1. The minimum atomic E-state index is -0.570. The lowest BCUT2D eigenvalue weighted by Crippen LogP contribution is -2.40. The summed E-state index contributed by atoms with van der Waals surface area (Å²) in [4.78, 5) is 0. The van der Waals surface area contributed by atoms with Crippen LogP contribution in [0.5, 0.6) is 0 Å². The summed E-state index contributed by atoms with van der Waals surface area (Å²) in [5, 5.41) is 13.6. The second-order valence-corrected chi connectivity index (χ2v) is 4.94. The summed E-state index contributed by atoms with van der Waals surface area (Å²) in [6.45, 7) is 8.93. The van der Waals surface area contributed by atoms with Gasteiger partial charge in [0.2, 0.25) is 0 Å². The Labute approximate surface area is 105 Å². The molecule has 96 valence electrons. The van der Waals surface area contributed by atoms with Crippen LogP contribution in [-0.2, 0) is 0 Å². The van der Waals surface area contributed by atoms with E-state index in [2.05, 4.69) is 43.4 Å². The third-order valence-corrected chi connectivity index (χ3v) is 3.63. The van der Waals surface area contributed by atoms with Crippen LogP contribution in [0.25, 0.3) is 0 Å². The summed E-state index contributed by atoms with van der Waals surface area (Å²) in [5.74, 6) is 0. The lowest BCUT2D eigenvalue weighted by atomic mass is 9.96. The Morgan fingerprint density at radius 3 is 2.18 bits per heavy atom. The van der Waals surface area contributed by atoms with Crippen LogP contribution in [0.4, 0.5) is 0 Å². The summed E-state index contributed by atoms with van der Waals surface area (Å²) in [6.07, 6.45) is 1.58. The number of aliphatic hydroxyl groups is 1. The maximum absolute atomic E-state index is 10.2. The maximum atomic E-state index is 10.2. The minimum absolute atomic E-state index is 0.278. The van der Waals surface area contributed by atoms with Crippen molar-refractivity contribution in [2.45, 2.75) is 52.2 Å². The molecule has 0 unspecified atom stereocenters. The molecule has 0 saturated carbocycles. The van der Waals surface area contributed by atoms with Crippen LogP contribution in [0.15, 0.2) is 24.3 Å². The predicted molar refractivity (Wildman–Crippen MR) is 73.1 cm³/mol. The van der Waals surface area contributed by atoms with Gasteiger partial charge in [-0.05, 0) is 32.3 Å². The molecular weight excluding hydrogens is 210 g/mol. The van der Waals surface area contributed by atoms with Crippen molar-refractivity contribution in [2.24, 2.45) is 0 Å². The molecule has 0 fully saturated rings. The normalized spacial score (nSPS) is 13.7. The Morgan fingerprint density at radius 1 is 1.18 bits per heavy atom. The predicted octanol–water partition coefficient (Wildman–Crippen LogP) is 3.20. The van der Waals surface area contributed by atoms with Crippen molar-refractivity contribution in [2.75, 3.05) is 6.54 Å². The molecule has 2 N–H and O–H groups in total. The van der Waals surface area contributed by atoms with E-state index >= 15 is 0 Å². The first-order valence-electron chi connectivity index (χ1n) is 6.53. The van der Waals surface area contributed by atoms with Gasteiger partial charge in [0, 0.05) is 12.6 Å². The molecule has 2 heteroatoms. The lowest BCUT2D eigenvalue weighted by molar-refractivity contribution is 0.0303. The quantitative estimate of drug-likeness (QED) is 0.793. The number of hydrogen-bond acceptors (Lipinski definition) is 2. The fourth-order valence-corrected chi connectivity index (χ4v) is 1.82. The third-order valence-electron chi connectivity index (χ3n) is 3.63. The van der Waals surface area contributed by atoms with Crippen LogP contribution >= 0.6 is 0 Å². The molecule has 0 heterocycles. The monoisotopic (exact) mass is 235 g/mol. The smallest absolute Gasteiger partial charge is 0.0766 e. The van der Waals surface area contributed by atoms with Gasteiger partial charge in [-0.15, -0.1) is 0 Å². The van der Waals surface area contributed by atoms with Gasteiger partial charge in [0.05, 0.1) is 5.60 Å². The highest BCUT2D eigenvalue weighted by molar-refractivity contribution is 5.23. The van der Waals surface area contributed by atoms with Crippen molar-refractivity contribution in [3.8, 4) is 0 Å². The van der Waals surface area contributed by atoms with E-state index in [0.717, 1.165) is 12.8 Å². The topological polar surface area (TPSA) is 32.3 Å². The van der Waals surface area contributed by atoms with Gasteiger partial charge in [-0.1, -0.05) is 43.7 Å². The van der Waals surface area contributed by atoms with Crippen LogP contribution in [0, 0.1) is 6.92 Å². The zero-order chi connectivity index (χ0) is 12.9. The molecule has 0 aliphatic heterocycles. The molecular formula is C15H25NO. The van der Waals surface area contributed by atoms with Crippen molar-refractivity contribution in [3.63, 3.8) is 0 Å². The first kappa shape index (κ1) is 14.2. The minimum Gasteiger partial charge on any atom is -0.389 e. The van der Waals surface area contributed by atoms with E-state index < -0.39 is 5.60 Å². The second kappa shape index (κ2) is 6.18. The molecule has 0 amide bonds. The van der Waals surface area contributed by atoms with Gasteiger partial charge < -0.3 is 10.4 Å². The molecule has 0 spiro atoms. The molecule has 1 rings (SSSR count). The number of rotatable bonds is 6. The number of aryl methyl sites for hydroxylation is 1. The highest BCUT2D eigenvalue weighted by atomic mass is 16.3.